The summed E-state index contributed by atoms with van der Waals surface area (Å²) in [6, 6.07) is 3.98. The summed E-state index contributed by atoms with van der Waals surface area (Å²) in [5.41, 5.74) is 10.7. The maximum atomic E-state index is 13.2. The van der Waals surface area contributed by atoms with E-state index < -0.39 is 17.3 Å². The number of nitrogens with zero attached hydrogens (tertiary/aromatic N) is 2. The predicted molar refractivity (Wildman–Crippen MR) is 164 cm³/mol. The summed E-state index contributed by atoms with van der Waals surface area (Å²) in [7, 11) is 0. The van der Waals surface area contributed by atoms with Crippen LogP contribution < -0.4 is 16.0 Å². The van der Waals surface area contributed by atoms with E-state index in [0.29, 0.717) is 30.1 Å². The maximum absolute atomic E-state index is 13.2. The van der Waals surface area contributed by atoms with E-state index in [9.17, 15) is 9.59 Å². The molecule has 0 heterocycles. The Bertz CT molecular complexity index is 1200. The number of alkyl carbamates (subject to hydrolysis) is 1. The quantitative estimate of drug-likeness (QED) is 0.307. The third-order valence-corrected chi connectivity index (χ3v) is 6.06. The Balaban J connectivity index is 2.31. The van der Waals surface area contributed by atoms with E-state index in [2.05, 4.69) is 11.9 Å². The van der Waals surface area contributed by atoms with Crippen LogP contribution in [0.2, 0.25) is 0 Å². The van der Waals surface area contributed by atoms with E-state index in [4.69, 9.17) is 20.2 Å². The van der Waals surface area contributed by atoms with Crippen LogP contribution in [0.4, 0.5) is 21.0 Å². The molecule has 0 aliphatic heterocycles. The van der Waals surface area contributed by atoms with Gasteiger partial charge < -0.3 is 15.2 Å². The van der Waals surface area contributed by atoms with Crippen molar-refractivity contribution in [2.45, 2.75) is 99.2 Å². The molecule has 2 amide bonds. The van der Waals surface area contributed by atoms with Crippen LogP contribution in [0.1, 0.15) is 85.3 Å². The second-order valence-electron chi connectivity index (χ2n) is 12.3. The van der Waals surface area contributed by atoms with Crippen molar-refractivity contribution in [3.63, 3.8) is 0 Å². The molecule has 0 fully saturated rings. The fourth-order valence-electron chi connectivity index (χ4n) is 4.11. The predicted octanol–water partition coefficient (Wildman–Crippen LogP) is 7.56. The summed E-state index contributed by atoms with van der Waals surface area (Å²) in [4.78, 5) is 32.1. The molecule has 0 saturated heterocycles. The Labute approximate surface area is 240 Å². The molecule has 220 valence electrons. The number of ether oxygens (including phenoxy) is 2. The van der Waals surface area contributed by atoms with Crippen molar-refractivity contribution in [1.82, 2.24) is 5.32 Å². The van der Waals surface area contributed by atoms with E-state index in [-0.39, 0.29) is 6.09 Å². The van der Waals surface area contributed by atoms with Gasteiger partial charge in [0.25, 0.3) is 0 Å². The molecule has 0 radical (unpaired) electrons. The van der Waals surface area contributed by atoms with Crippen molar-refractivity contribution in [1.29, 1.82) is 0 Å². The zero-order valence-electron chi connectivity index (χ0n) is 25.9. The summed E-state index contributed by atoms with van der Waals surface area (Å²) in [6.07, 6.45) is 6.68. The Morgan fingerprint density at radius 2 is 1.55 bits per heavy atom. The van der Waals surface area contributed by atoms with Gasteiger partial charge in [0.2, 0.25) is 0 Å². The van der Waals surface area contributed by atoms with E-state index in [0.717, 1.165) is 53.8 Å². The summed E-state index contributed by atoms with van der Waals surface area (Å²) < 4.78 is 11.1. The molecule has 40 heavy (non-hydrogen) atoms. The average Bonchev–Trinajstić information content (AvgIpc) is 2.79. The van der Waals surface area contributed by atoms with Crippen LogP contribution in [0.25, 0.3) is 0 Å². The highest BCUT2D eigenvalue weighted by Gasteiger charge is 2.25. The number of hydrogen-bond donors (Lipinski definition) is 2. The highest BCUT2D eigenvalue weighted by molar-refractivity contribution is 6.13. The molecule has 1 aromatic rings. The van der Waals surface area contributed by atoms with Gasteiger partial charge in [0, 0.05) is 12.2 Å². The number of carbonyl (C=O) groups is 2. The number of unbranched alkanes of at least 4 members (excludes halogenated alkanes) is 3. The van der Waals surface area contributed by atoms with Gasteiger partial charge in [-0.15, -0.1) is 0 Å². The first kappa shape index (κ1) is 32.8. The molecule has 1 aliphatic rings. The number of amides is 2. The van der Waals surface area contributed by atoms with Crippen LogP contribution in [0.5, 0.6) is 0 Å². The molecule has 0 bridgehead atoms. The third kappa shape index (κ3) is 10.3. The lowest BCUT2D eigenvalue weighted by atomic mass is 9.99. The maximum Gasteiger partial charge on any atom is 0.414 e. The number of aryl methyl sites for hydroxylation is 2. The minimum Gasteiger partial charge on any atom is -0.444 e. The molecule has 1 aliphatic carbocycles. The molecule has 8 heteroatoms. The molecule has 2 rings (SSSR count). The lowest BCUT2D eigenvalue weighted by Gasteiger charge is -2.29. The van der Waals surface area contributed by atoms with Crippen molar-refractivity contribution < 1.29 is 19.1 Å². The summed E-state index contributed by atoms with van der Waals surface area (Å²) in [6.45, 7) is 22.3. The number of benzene rings is 1. The fraction of sp³-hybridized carbons (Fsp3) is 0.531. The first-order valence-corrected chi connectivity index (χ1v) is 14.0. The third-order valence-electron chi connectivity index (χ3n) is 6.06. The summed E-state index contributed by atoms with van der Waals surface area (Å²) in [5, 5.41) is 2.80. The Kier molecular flexibility index (Phi) is 11.3. The Morgan fingerprint density at radius 1 is 0.925 bits per heavy atom. The van der Waals surface area contributed by atoms with Gasteiger partial charge in [0.1, 0.15) is 11.2 Å². The van der Waals surface area contributed by atoms with Crippen molar-refractivity contribution in [3.8, 4) is 0 Å². The van der Waals surface area contributed by atoms with Gasteiger partial charge in [-0.2, -0.15) is 0 Å². The largest absolute Gasteiger partial charge is 0.444 e. The monoisotopic (exact) mass is 552 g/mol. The van der Waals surface area contributed by atoms with E-state index in [1.807, 2.05) is 80.5 Å². The number of aliphatic imine (C=N–C) groups is 1. The number of nitrogens with one attached hydrogen (secondary N) is 1. The second kappa shape index (κ2) is 13.8. The zero-order chi connectivity index (χ0) is 30.3. The molecule has 3 N–H and O–H groups in total. The van der Waals surface area contributed by atoms with Gasteiger partial charge in [-0.05, 0) is 128 Å². The topological polar surface area (TPSA) is 106 Å². The van der Waals surface area contributed by atoms with Crippen LogP contribution in [-0.2, 0) is 9.47 Å². The van der Waals surface area contributed by atoms with Crippen molar-refractivity contribution in [3.05, 3.63) is 58.8 Å². The van der Waals surface area contributed by atoms with E-state index in [1.54, 1.807) is 11.0 Å². The van der Waals surface area contributed by atoms with Crippen molar-refractivity contribution in [2.24, 2.45) is 10.7 Å². The molecule has 1 aromatic carbocycles. The number of rotatable bonds is 9. The molecule has 0 spiro atoms. The summed E-state index contributed by atoms with van der Waals surface area (Å²) in [5.74, 6) is 0. The average molecular weight is 553 g/mol. The first-order chi connectivity index (χ1) is 18.5. The number of hydrogen-bond acceptors (Lipinski definition) is 6. The molecular formula is C32H48N4O4. The lowest BCUT2D eigenvalue weighted by Crippen LogP contribution is -2.38. The Morgan fingerprint density at radius 3 is 2.15 bits per heavy atom. The van der Waals surface area contributed by atoms with Crippen LogP contribution >= 0.6 is 0 Å². The van der Waals surface area contributed by atoms with Gasteiger partial charge >= 0.3 is 12.2 Å². The molecule has 8 nitrogen and oxygen atoms in total. The number of allylic oxidation sites excluding steroid dienone is 4. The van der Waals surface area contributed by atoms with Crippen molar-refractivity contribution >= 4 is 29.3 Å². The second-order valence-corrected chi connectivity index (χ2v) is 12.3. The first-order valence-electron chi connectivity index (χ1n) is 14.0. The van der Waals surface area contributed by atoms with Gasteiger partial charge in [-0.3, -0.25) is 10.2 Å². The van der Waals surface area contributed by atoms with Gasteiger partial charge in [0.15, 0.2) is 0 Å². The standard InChI is InChI=1S/C32H48N4O4/c1-21-18-27(35-29(37)39-31(5,6)7)22(2)17-25(21)34-26-19-24(4)28(20-23(26)3)36(16-14-12-11-13-15-33)30(38)40-32(8,9)10/h17-20H,1,11-16,33H2,2-10H3,(H,35,37)/b34-25-. The zero-order valence-corrected chi connectivity index (χ0v) is 25.9. The van der Waals surface area contributed by atoms with E-state index in [1.165, 1.54) is 0 Å². The minimum absolute atomic E-state index is 0.359. The number of carbonyl (C=O) groups excluding carboxylic acids is 2. The highest BCUT2D eigenvalue weighted by atomic mass is 16.6. The molecule has 0 saturated carbocycles. The van der Waals surface area contributed by atoms with Crippen LogP contribution in [0, 0.1) is 13.8 Å². The lowest BCUT2D eigenvalue weighted by molar-refractivity contribution is 0.0543. The fourth-order valence-corrected chi connectivity index (χ4v) is 4.11. The summed E-state index contributed by atoms with van der Waals surface area (Å²) >= 11 is 0. The number of nitrogens with two attached hydrogens (primary N) is 1. The minimum atomic E-state index is -0.597. The van der Waals surface area contributed by atoms with Gasteiger partial charge in [0.05, 0.1) is 17.1 Å². The van der Waals surface area contributed by atoms with Crippen LogP contribution in [0.15, 0.2) is 52.7 Å². The highest BCUT2D eigenvalue weighted by Crippen LogP contribution is 2.32. The number of anilines is 1. The van der Waals surface area contributed by atoms with Gasteiger partial charge in [-0.1, -0.05) is 19.4 Å². The SMILES string of the molecule is C=C1C=C(NC(=O)OC(C)(C)C)C(C)=C/C1=N/c1cc(C)c(N(CCCCCCN)C(=O)OC(C)(C)C)cc1C. The molecular weight excluding hydrogens is 504 g/mol. The molecule has 0 atom stereocenters. The van der Waals surface area contributed by atoms with E-state index >= 15 is 0 Å². The molecule has 0 aromatic heterocycles. The normalized spacial score (nSPS) is 14.9. The van der Waals surface area contributed by atoms with Crippen molar-refractivity contribution in [2.75, 3.05) is 18.0 Å². The van der Waals surface area contributed by atoms with Crippen LogP contribution in [-0.4, -0.2) is 42.2 Å². The Hall–Kier alpha value is -3.39. The van der Waals surface area contributed by atoms with Gasteiger partial charge in [-0.25, -0.2) is 14.6 Å². The molecule has 0 unspecified atom stereocenters. The van der Waals surface area contributed by atoms with Crippen LogP contribution in [0.3, 0.4) is 0 Å². The smallest absolute Gasteiger partial charge is 0.414 e.